The van der Waals surface area contributed by atoms with Gasteiger partial charge in [-0.25, -0.2) is 4.79 Å². The number of nitrogens with zero attached hydrogens (tertiary/aromatic N) is 3. The smallest absolute Gasteiger partial charge is 0.319 e. The quantitative estimate of drug-likeness (QED) is 0.660. The number of urea groups is 1. The molecule has 1 saturated heterocycles. The van der Waals surface area contributed by atoms with E-state index in [9.17, 15) is 9.90 Å². The number of likely N-dealkylation sites (N-methyl/N-ethyl adjacent to an activating group) is 1. The fourth-order valence-corrected chi connectivity index (χ4v) is 1.84. The average molecular weight is 215 g/mol. The van der Waals surface area contributed by atoms with Crippen molar-refractivity contribution < 1.29 is 9.90 Å². The van der Waals surface area contributed by atoms with Gasteiger partial charge in [0.05, 0.1) is 0 Å². The van der Waals surface area contributed by atoms with E-state index in [1.807, 2.05) is 16.8 Å². The van der Waals surface area contributed by atoms with Crippen LogP contribution in [0.15, 0.2) is 0 Å². The van der Waals surface area contributed by atoms with Crippen molar-refractivity contribution in [3.05, 3.63) is 0 Å². The SMILES string of the molecule is CC(O)N(C)C1CCN(C(=O)N(C)C)C1. The normalized spacial score (nSPS) is 23.3. The van der Waals surface area contributed by atoms with Crippen LogP contribution in [0.2, 0.25) is 0 Å². The van der Waals surface area contributed by atoms with Crippen molar-refractivity contribution in [1.29, 1.82) is 0 Å². The van der Waals surface area contributed by atoms with Gasteiger partial charge in [0, 0.05) is 33.2 Å². The summed E-state index contributed by atoms with van der Waals surface area (Å²) in [5, 5.41) is 9.43. The van der Waals surface area contributed by atoms with Gasteiger partial charge in [-0.15, -0.1) is 0 Å². The van der Waals surface area contributed by atoms with Gasteiger partial charge in [0.2, 0.25) is 0 Å². The topological polar surface area (TPSA) is 47.0 Å². The molecule has 0 saturated carbocycles. The first kappa shape index (κ1) is 12.3. The largest absolute Gasteiger partial charge is 0.379 e. The zero-order chi connectivity index (χ0) is 11.6. The van der Waals surface area contributed by atoms with Crippen LogP contribution in [0.3, 0.4) is 0 Å². The van der Waals surface area contributed by atoms with E-state index in [-0.39, 0.29) is 12.1 Å². The van der Waals surface area contributed by atoms with Crippen LogP contribution in [0.4, 0.5) is 4.79 Å². The van der Waals surface area contributed by atoms with Crippen molar-refractivity contribution in [3.63, 3.8) is 0 Å². The standard InChI is InChI=1S/C10H21N3O2/c1-8(14)12(4)9-5-6-13(7-9)10(15)11(2)3/h8-9,14H,5-7H2,1-4H3. The summed E-state index contributed by atoms with van der Waals surface area (Å²) in [5.41, 5.74) is 0. The predicted molar refractivity (Wildman–Crippen MR) is 58.5 cm³/mol. The Morgan fingerprint density at radius 3 is 2.53 bits per heavy atom. The van der Waals surface area contributed by atoms with Crippen LogP contribution in [0, 0.1) is 0 Å². The van der Waals surface area contributed by atoms with E-state index in [0.29, 0.717) is 6.54 Å². The second kappa shape index (κ2) is 4.81. The second-order valence-corrected chi connectivity index (χ2v) is 4.36. The van der Waals surface area contributed by atoms with Gasteiger partial charge in [-0.05, 0) is 20.4 Å². The Morgan fingerprint density at radius 1 is 1.47 bits per heavy atom. The molecule has 2 amide bonds. The monoisotopic (exact) mass is 215 g/mol. The highest BCUT2D eigenvalue weighted by Crippen LogP contribution is 2.16. The van der Waals surface area contributed by atoms with Crippen molar-refractivity contribution in [1.82, 2.24) is 14.7 Å². The van der Waals surface area contributed by atoms with E-state index >= 15 is 0 Å². The lowest BCUT2D eigenvalue weighted by molar-refractivity contribution is 0.0115. The molecule has 0 aromatic heterocycles. The van der Waals surface area contributed by atoms with E-state index in [0.717, 1.165) is 13.0 Å². The maximum absolute atomic E-state index is 11.7. The van der Waals surface area contributed by atoms with Crippen LogP contribution in [-0.4, -0.2) is 72.3 Å². The van der Waals surface area contributed by atoms with Crippen LogP contribution >= 0.6 is 0 Å². The lowest BCUT2D eigenvalue weighted by Crippen LogP contribution is -2.43. The number of carbonyl (C=O) groups is 1. The minimum Gasteiger partial charge on any atom is -0.379 e. The van der Waals surface area contributed by atoms with E-state index in [1.54, 1.807) is 25.9 Å². The molecule has 5 heteroatoms. The number of rotatable bonds is 2. The zero-order valence-corrected chi connectivity index (χ0v) is 9.97. The number of carbonyl (C=O) groups excluding carboxylic acids is 1. The molecule has 2 atom stereocenters. The number of hydrogen-bond donors (Lipinski definition) is 1. The van der Waals surface area contributed by atoms with E-state index in [1.165, 1.54) is 0 Å². The molecule has 5 nitrogen and oxygen atoms in total. The third-order valence-corrected chi connectivity index (χ3v) is 2.98. The Hall–Kier alpha value is -0.810. The second-order valence-electron chi connectivity index (χ2n) is 4.36. The first-order chi connectivity index (χ1) is 6.93. The molecule has 1 aliphatic heterocycles. The van der Waals surface area contributed by atoms with Crippen molar-refractivity contribution in [2.75, 3.05) is 34.2 Å². The van der Waals surface area contributed by atoms with Gasteiger partial charge in [-0.3, -0.25) is 4.90 Å². The van der Waals surface area contributed by atoms with Gasteiger partial charge in [0.1, 0.15) is 6.23 Å². The van der Waals surface area contributed by atoms with Crippen molar-refractivity contribution in [2.45, 2.75) is 25.6 Å². The molecule has 1 fully saturated rings. The number of hydrogen-bond acceptors (Lipinski definition) is 3. The van der Waals surface area contributed by atoms with E-state index in [4.69, 9.17) is 0 Å². The minimum atomic E-state index is -0.454. The summed E-state index contributed by atoms with van der Waals surface area (Å²) in [4.78, 5) is 17.0. The first-order valence-electron chi connectivity index (χ1n) is 5.29. The molecule has 0 aromatic rings. The summed E-state index contributed by atoms with van der Waals surface area (Å²) in [6, 6.07) is 0.324. The fraction of sp³-hybridized carbons (Fsp3) is 0.900. The highest BCUT2D eigenvalue weighted by molar-refractivity contribution is 5.74. The number of aliphatic hydroxyl groups excluding tert-OH is 1. The molecular weight excluding hydrogens is 194 g/mol. The van der Waals surface area contributed by atoms with Gasteiger partial charge in [-0.2, -0.15) is 0 Å². The van der Waals surface area contributed by atoms with Gasteiger partial charge < -0.3 is 14.9 Å². The summed E-state index contributed by atoms with van der Waals surface area (Å²) >= 11 is 0. The van der Waals surface area contributed by atoms with Crippen molar-refractivity contribution in [3.8, 4) is 0 Å². The third-order valence-electron chi connectivity index (χ3n) is 2.98. The summed E-state index contributed by atoms with van der Waals surface area (Å²) in [6.07, 6.45) is 0.477. The number of likely N-dealkylation sites (tertiary alicyclic amines) is 1. The van der Waals surface area contributed by atoms with E-state index < -0.39 is 6.23 Å². The fourth-order valence-electron chi connectivity index (χ4n) is 1.84. The average Bonchev–Trinajstić information content (AvgIpc) is 2.63. The number of aliphatic hydroxyl groups is 1. The molecule has 15 heavy (non-hydrogen) atoms. The van der Waals surface area contributed by atoms with Crippen molar-refractivity contribution in [2.24, 2.45) is 0 Å². The lowest BCUT2D eigenvalue weighted by Gasteiger charge is -2.27. The molecule has 1 N–H and O–H groups in total. The van der Waals surface area contributed by atoms with Crippen LogP contribution in [0.25, 0.3) is 0 Å². The molecule has 0 aliphatic carbocycles. The number of amides is 2. The molecule has 0 radical (unpaired) electrons. The molecule has 0 spiro atoms. The maximum atomic E-state index is 11.7. The molecule has 0 bridgehead atoms. The lowest BCUT2D eigenvalue weighted by atomic mass is 10.2. The molecular formula is C10H21N3O2. The Balaban J connectivity index is 2.49. The molecule has 88 valence electrons. The van der Waals surface area contributed by atoms with Gasteiger partial charge in [0.15, 0.2) is 0 Å². The van der Waals surface area contributed by atoms with Crippen LogP contribution < -0.4 is 0 Å². The summed E-state index contributed by atoms with van der Waals surface area (Å²) in [5.74, 6) is 0. The summed E-state index contributed by atoms with van der Waals surface area (Å²) in [6.45, 7) is 3.23. The highest BCUT2D eigenvalue weighted by Gasteiger charge is 2.30. The van der Waals surface area contributed by atoms with Gasteiger partial charge in [-0.1, -0.05) is 0 Å². The Labute approximate surface area is 91.3 Å². The first-order valence-corrected chi connectivity index (χ1v) is 5.29. The van der Waals surface area contributed by atoms with E-state index in [2.05, 4.69) is 0 Å². The molecule has 1 rings (SSSR count). The molecule has 2 unspecified atom stereocenters. The molecule has 0 aromatic carbocycles. The predicted octanol–water partition coefficient (Wildman–Crippen LogP) is 0.0124. The van der Waals surface area contributed by atoms with Gasteiger partial charge >= 0.3 is 6.03 Å². The Bertz CT molecular complexity index is 231. The zero-order valence-electron chi connectivity index (χ0n) is 9.97. The minimum absolute atomic E-state index is 0.0523. The molecule has 1 heterocycles. The van der Waals surface area contributed by atoms with Crippen molar-refractivity contribution >= 4 is 6.03 Å². The molecule has 1 aliphatic rings. The summed E-state index contributed by atoms with van der Waals surface area (Å²) < 4.78 is 0. The van der Waals surface area contributed by atoms with Gasteiger partial charge in [0.25, 0.3) is 0 Å². The summed E-state index contributed by atoms with van der Waals surface area (Å²) in [7, 11) is 5.40. The van der Waals surface area contributed by atoms with Crippen LogP contribution in [0.1, 0.15) is 13.3 Å². The third kappa shape index (κ3) is 2.82. The Morgan fingerprint density at radius 2 is 2.07 bits per heavy atom. The van der Waals surface area contributed by atoms with Crippen LogP contribution in [0.5, 0.6) is 0 Å². The van der Waals surface area contributed by atoms with Crippen LogP contribution in [-0.2, 0) is 0 Å². The Kier molecular flexibility index (Phi) is 3.93. The maximum Gasteiger partial charge on any atom is 0.319 e. The highest BCUT2D eigenvalue weighted by atomic mass is 16.3.